The number of nitrogens with zero attached hydrogens (tertiary/aromatic N) is 3. The molecule has 0 spiro atoms. The first kappa shape index (κ1) is 27.9. The fourth-order valence-corrected chi connectivity index (χ4v) is 5.99. The van der Waals surface area contributed by atoms with Crippen molar-refractivity contribution < 1.29 is 9.53 Å². The van der Waals surface area contributed by atoms with E-state index in [0.29, 0.717) is 34.9 Å². The third kappa shape index (κ3) is 5.86. The molecule has 1 aliphatic heterocycles. The van der Waals surface area contributed by atoms with Crippen molar-refractivity contribution in [3.05, 3.63) is 129 Å². The smallest absolute Gasteiger partial charge is 0.268 e. The summed E-state index contributed by atoms with van der Waals surface area (Å²) in [7, 11) is 0. The van der Waals surface area contributed by atoms with Crippen LogP contribution in [0.4, 0.5) is 0 Å². The summed E-state index contributed by atoms with van der Waals surface area (Å²) in [5.41, 5.74) is 5.36. The predicted octanol–water partition coefficient (Wildman–Crippen LogP) is 5.94. The van der Waals surface area contributed by atoms with Crippen molar-refractivity contribution >= 4 is 28.7 Å². The molecule has 8 heteroatoms. The van der Waals surface area contributed by atoms with Gasteiger partial charge in [-0.1, -0.05) is 90.1 Å². The Morgan fingerprint density at radius 2 is 1.62 bits per heavy atom. The van der Waals surface area contributed by atoms with Gasteiger partial charge in [-0.25, -0.2) is 9.97 Å². The first-order valence-corrected chi connectivity index (χ1v) is 14.9. The van der Waals surface area contributed by atoms with Crippen LogP contribution in [0.15, 0.2) is 101 Å². The number of hydrogen-bond acceptors (Lipinski definition) is 6. The summed E-state index contributed by atoms with van der Waals surface area (Å²) in [4.78, 5) is 37.0. The Morgan fingerprint density at radius 3 is 2.26 bits per heavy atom. The highest BCUT2D eigenvalue weighted by Gasteiger charge is 2.28. The zero-order chi connectivity index (χ0) is 29.3. The third-order valence-electron chi connectivity index (χ3n) is 7.40. The fourth-order valence-electron chi connectivity index (χ4n) is 5.18. The van der Waals surface area contributed by atoms with Crippen LogP contribution >= 0.6 is 11.8 Å². The number of ether oxygens (including phenoxy) is 1. The lowest BCUT2D eigenvalue weighted by Crippen LogP contribution is -2.33. The van der Waals surface area contributed by atoms with Gasteiger partial charge in [-0.15, -0.1) is 0 Å². The van der Waals surface area contributed by atoms with Crippen molar-refractivity contribution in [2.75, 3.05) is 5.75 Å². The van der Waals surface area contributed by atoms with E-state index in [0.717, 1.165) is 27.9 Å². The molecule has 1 N–H and O–H groups in total. The molecule has 3 heterocycles. The number of carbonyl (C=O) groups excluding carboxylic acids is 1. The van der Waals surface area contributed by atoms with Gasteiger partial charge < -0.3 is 10.1 Å². The van der Waals surface area contributed by atoms with E-state index in [2.05, 4.69) is 5.32 Å². The van der Waals surface area contributed by atoms with Crippen molar-refractivity contribution in [1.29, 1.82) is 0 Å². The first-order valence-electron chi connectivity index (χ1n) is 14.0. The molecule has 1 aliphatic rings. The van der Waals surface area contributed by atoms with Gasteiger partial charge in [0.2, 0.25) is 5.91 Å². The number of rotatable bonds is 7. The molecular weight excluding hydrogens is 544 g/mol. The highest BCUT2D eigenvalue weighted by Crippen LogP contribution is 2.29. The largest absolute Gasteiger partial charge is 0.370 e. The lowest BCUT2D eigenvalue weighted by atomic mass is 9.95. The number of aryl methyl sites for hydroxylation is 1. The molecule has 0 aliphatic carbocycles. The number of pyridine rings is 1. The maximum absolute atomic E-state index is 14.0. The SMILES string of the molecule is Cc1ccc(-n2c(SCC(=O)NC(c3ccccc3)c3ccccc3)nc3nc4c(cc3c2=O)COC(C)(C)C4)cc1. The van der Waals surface area contributed by atoms with Crippen LogP contribution in [0.5, 0.6) is 0 Å². The molecule has 7 nitrogen and oxygen atoms in total. The van der Waals surface area contributed by atoms with Gasteiger partial charge in [0.15, 0.2) is 10.8 Å². The molecule has 2 aromatic heterocycles. The number of benzene rings is 3. The number of amides is 1. The number of nitrogens with one attached hydrogen (secondary N) is 1. The van der Waals surface area contributed by atoms with Gasteiger partial charge in [0, 0.05) is 12.0 Å². The summed E-state index contributed by atoms with van der Waals surface area (Å²) in [5.74, 6) is -0.0917. The third-order valence-corrected chi connectivity index (χ3v) is 8.34. The minimum Gasteiger partial charge on any atom is -0.370 e. The van der Waals surface area contributed by atoms with Crippen LogP contribution in [-0.4, -0.2) is 31.8 Å². The van der Waals surface area contributed by atoms with Gasteiger partial charge in [-0.2, -0.15) is 0 Å². The maximum Gasteiger partial charge on any atom is 0.268 e. The van der Waals surface area contributed by atoms with Crippen LogP contribution in [-0.2, 0) is 22.6 Å². The second-order valence-electron chi connectivity index (χ2n) is 11.2. The lowest BCUT2D eigenvalue weighted by molar-refractivity contribution is -0.119. The average molecular weight is 577 g/mol. The standard InChI is InChI=1S/C34H32N4O3S/c1-22-14-16-26(17-15-22)38-32(40)27-18-25-20-41-34(2,3)19-28(25)35-31(27)37-33(38)42-21-29(39)36-30(23-10-6-4-7-11-23)24-12-8-5-9-13-24/h4-18,30H,19-21H2,1-3H3,(H,36,39). The van der Waals surface area contributed by atoms with E-state index in [1.165, 1.54) is 11.8 Å². The Balaban J connectivity index is 1.35. The van der Waals surface area contributed by atoms with Crippen molar-refractivity contribution in [3.8, 4) is 5.69 Å². The highest BCUT2D eigenvalue weighted by molar-refractivity contribution is 7.99. The highest BCUT2D eigenvalue weighted by atomic mass is 32.2. The summed E-state index contributed by atoms with van der Waals surface area (Å²) in [6.45, 7) is 6.46. The van der Waals surface area contributed by atoms with E-state index in [4.69, 9.17) is 14.7 Å². The monoisotopic (exact) mass is 576 g/mol. The van der Waals surface area contributed by atoms with Gasteiger partial charge >= 0.3 is 0 Å². The van der Waals surface area contributed by atoms with Crippen LogP contribution in [0, 0.1) is 6.92 Å². The number of fused-ring (bicyclic) bond motifs is 2. The minimum absolute atomic E-state index is 0.0752. The van der Waals surface area contributed by atoms with E-state index in [-0.39, 0.29) is 28.9 Å². The maximum atomic E-state index is 14.0. The summed E-state index contributed by atoms with van der Waals surface area (Å²) in [5, 5.41) is 4.03. The summed E-state index contributed by atoms with van der Waals surface area (Å²) < 4.78 is 7.55. The molecule has 0 fully saturated rings. The van der Waals surface area contributed by atoms with Crippen LogP contribution < -0.4 is 10.9 Å². The molecule has 0 radical (unpaired) electrons. The van der Waals surface area contributed by atoms with Gasteiger partial charge in [-0.3, -0.25) is 14.2 Å². The number of aromatic nitrogens is 3. The molecule has 0 atom stereocenters. The first-order chi connectivity index (χ1) is 20.3. The van der Waals surface area contributed by atoms with Crippen molar-refractivity contribution in [3.63, 3.8) is 0 Å². The number of thioether (sulfide) groups is 1. The van der Waals surface area contributed by atoms with E-state index >= 15 is 0 Å². The van der Waals surface area contributed by atoms with Crippen molar-refractivity contribution in [2.24, 2.45) is 0 Å². The normalized spacial score (nSPS) is 14.1. The minimum atomic E-state index is -0.339. The topological polar surface area (TPSA) is 86.1 Å². The molecular formula is C34H32N4O3S. The predicted molar refractivity (Wildman–Crippen MR) is 166 cm³/mol. The molecule has 5 aromatic rings. The molecule has 0 bridgehead atoms. The van der Waals surface area contributed by atoms with E-state index in [9.17, 15) is 9.59 Å². The molecule has 3 aromatic carbocycles. The Bertz CT molecular complexity index is 1760. The second kappa shape index (κ2) is 11.5. The van der Waals surface area contributed by atoms with Gasteiger partial charge in [0.1, 0.15) is 0 Å². The van der Waals surface area contributed by atoms with E-state index < -0.39 is 0 Å². The number of carbonyl (C=O) groups is 1. The van der Waals surface area contributed by atoms with Crippen molar-refractivity contribution in [2.45, 2.75) is 50.6 Å². The van der Waals surface area contributed by atoms with Crippen LogP contribution in [0.1, 0.15) is 47.8 Å². The molecule has 212 valence electrons. The van der Waals surface area contributed by atoms with E-state index in [1.807, 2.05) is 112 Å². The van der Waals surface area contributed by atoms with Crippen LogP contribution in [0.2, 0.25) is 0 Å². The van der Waals surface area contributed by atoms with Crippen LogP contribution in [0.3, 0.4) is 0 Å². The quantitative estimate of drug-likeness (QED) is 0.191. The number of hydrogen-bond donors (Lipinski definition) is 1. The molecule has 42 heavy (non-hydrogen) atoms. The summed E-state index contributed by atoms with van der Waals surface area (Å²) >= 11 is 1.23. The molecule has 0 saturated heterocycles. The summed E-state index contributed by atoms with van der Waals surface area (Å²) in [6, 6.07) is 29.0. The second-order valence-corrected chi connectivity index (χ2v) is 12.1. The Morgan fingerprint density at radius 1 is 0.976 bits per heavy atom. The van der Waals surface area contributed by atoms with Crippen LogP contribution in [0.25, 0.3) is 16.7 Å². The zero-order valence-electron chi connectivity index (χ0n) is 23.8. The van der Waals surface area contributed by atoms with Crippen molar-refractivity contribution in [1.82, 2.24) is 19.9 Å². The van der Waals surface area contributed by atoms with E-state index in [1.54, 1.807) is 4.57 Å². The lowest BCUT2D eigenvalue weighted by Gasteiger charge is -2.31. The molecule has 1 amide bonds. The Kier molecular flexibility index (Phi) is 7.66. The molecule has 0 saturated carbocycles. The Labute approximate surface area is 249 Å². The fraction of sp³-hybridized carbons (Fsp3) is 0.235. The molecule has 6 rings (SSSR count). The molecule has 0 unspecified atom stereocenters. The van der Waals surface area contributed by atoms with Gasteiger partial charge in [0.25, 0.3) is 5.56 Å². The van der Waals surface area contributed by atoms with Gasteiger partial charge in [0.05, 0.1) is 40.8 Å². The van der Waals surface area contributed by atoms with Gasteiger partial charge in [-0.05, 0) is 50.1 Å². The summed E-state index contributed by atoms with van der Waals surface area (Å²) in [6.07, 6.45) is 0.631. The zero-order valence-corrected chi connectivity index (χ0v) is 24.7. The Hall–Kier alpha value is -4.27. The average Bonchev–Trinajstić information content (AvgIpc) is 2.99.